The molecule has 1 aromatic carbocycles. The summed E-state index contributed by atoms with van der Waals surface area (Å²) in [6.07, 6.45) is 2.00. The van der Waals surface area contributed by atoms with Gasteiger partial charge in [-0.2, -0.15) is 0 Å². The molecule has 7 heteroatoms. The van der Waals surface area contributed by atoms with Crippen molar-refractivity contribution in [1.82, 2.24) is 15.3 Å². The number of aromatic nitrogens is 2. The molecule has 0 fully saturated rings. The molecule has 0 aliphatic carbocycles. The van der Waals surface area contributed by atoms with Gasteiger partial charge in [-0.05, 0) is 37.6 Å². The Labute approximate surface area is 180 Å². The second-order valence-electron chi connectivity index (χ2n) is 7.63. The summed E-state index contributed by atoms with van der Waals surface area (Å²) in [7, 11) is 1.61. The molecule has 0 saturated carbocycles. The normalized spacial score (nSPS) is 15.4. The fourth-order valence-corrected chi connectivity index (χ4v) is 4.09. The van der Waals surface area contributed by atoms with Crippen LogP contribution in [0.2, 0.25) is 0 Å². The summed E-state index contributed by atoms with van der Waals surface area (Å²) in [6, 6.07) is 10.1. The Hall–Kier alpha value is -3.13. The lowest BCUT2D eigenvalue weighted by Crippen LogP contribution is -2.28. The van der Waals surface area contributed by atoms with Crippen molar-refractivity contribution in [2.75, 3.05) is 26.8 Å². The summed E-state index contributed by atoms with van der Waals surface area (Å²) in [5, 5.41) is 26.1. The smallest absolute Gasteiger partial charge is 0.150 e. The lowest BCUT2D eigenvalue weighted by Gasteiger charge is -2.06. The van der Waals surface area contributed by atoms with Crippen LogP contribution >= 0.6 is 0 Å². The molecule has 0 unspecified atom stereocenters. The van der Waals surface area contributed by atoms with E-state index in [1.165, 1.54) is 0 Å². The molecule has 7 nitrogen and oxygen atoms in total. The lowest BCUT2D eigenvalue weighted by molar-refractivity contribution is 0.273. The molecular weight excluding hydrogens is 392 g/mol. The molecule has 5 N–H and O–H groups in total. The Kier molecular flexibility index (Phi) is 6.08. The molecule has 4 rings (SSSR count). The van der Waals surface area contributed by atoms with Crippen molar-refractivity contribution in [3.8, 4) is 5.75 Å². The van der Waals surface area contributed by atoms with E-state index in [0.29, 0.717) is 24.4 Å². The fraction of sp³-hybridized carbons (Fsp3) is 0.292. The molecule has 0 atom stereocenters. The minimum Gasteiger partial charge on any atom is -0.494 e. The zero-order chi connectivity index (χ0) is 22.0. The third kappa shape index (κ3) is 3.95. The van der Waals surface area contributed by atoms with Gasteiger partial charge >= 0.3 is 0 Å². The summed E-state index contributed by atoms with van der Waals surface area (Å²) >= 11 is 0. The van der Waals surface area contributed by atoms with E-state index < -0.39 is 0 Å². The van der Waals surface area contributed by atoms with Gasteiger partial charge in [0.15, 0.2) is 0 Å². The number of benzene rings is 1. The van der Waals surface area contributed by atoms with Crippen molar-refractivity contribution in [3.63, 3.8) is 0 Å². The van der Waals surface area contributed by atoms with Crippen LogP contribution in [0.25, 0.3) is 17.3 Å². The quantitative estimate of drug-likeness (QED) is 0.331. The van der Waals surface area contributed by atoms with E-state index in [1.54, 1.807) is 7.11 Å². The third-order valence-corrected chi connectivity index (χ3v) is 5.50. The topological polar surface area (TPSA) is 106 Å². The fourth-order valence-electron chi connectivity index (χ4n) is 4.09. The average Bonchev–Trinajstić information content (AvgIpc) is 3.40. The van der Waals surface area contributed by atoms with Crippen molar-refractivity contribution in [3.05, 3.63) is 74.1 Å². The highest BCUT2D eigenvalue weighted by Gasteiger charge is 2.19. The molecule has 1 aliphatic rings. The maximum Gasteiger partial charge on any atom is 0.150 e. The largest absolute Gasteiger partial charge is 0.494 e. The first-order valence-electron chi connectivity index (χ1n) is 10.3. The number of hydrogen-bond acceptors (Lipinski definition) is 5. The number of methoxy groups -OCH3 is 1. The molecule has 0 spiro atoms. The molecule has 0 amide bonds. The van der Waals surface area contributed by atoms with Gasteiger partial charge in [0, 0.05) is 40.8 Å². The minimum absolute atomic E-state index is 0.0631. The van der Waals surface area contributed by atoms with Gasteiger partial charge in [-0.3, -0.25) is 0 Å². The summed E-state index contributed by atoms with van der Waals surface area (Å²) in [6.45, 7) is 4.99. The van der Waals surface area contributed by atoms with Gasteiger partial charge in [-0.15, -0.1) is 0 Å². The number of aliphatic hydroxyl groups excluding tert-OH is 2. The maximum atomic E-state index is 10.2. The monoisotopic (exact) mass is 420 g/mol. The van der Waals surface area contributed by atoms with E-state index >= 15 is 0 Å². The average molecular weight is 421 g/mol. The highest BCUT2D eigenvalue weighted by Crippen LogP contribution is 2.17. The number of rotatable bonds is 7. The van der Waals surface area contributed by atoms with Crippen LogP contribution in [0.15, 0.2) is 35.3 Å². The summed E-state index contributed by atoms with van der Waals surface area (Å²) in [5.41, 5.74) is 5.65. The zero-order valence-corrected chi connectivity index (χ0v) is 18.0. The van der Waals surface area contributed by atoms with E-state index in [9.17, 15) is 10.2 Å². The minimum atomic E-state index is -0.182. The predicted octanol–water partition coefficient (Wildman–Crippen LogP) is -0.536. The molecule has 31 heavy (non-hydrogen) atoms. The first-order valence-corrected chi connectivity index (χ1v) is 10.3. The van der Waals surface area contributed by atoms with Gasteiger partial charge in [0.2, 0.25) is 0 Å². The number of aliphatic hydroxyl groups is 2. The van der Waals surface area contributed by atoms with Gasteiger partial charge in [-0.25, -0.2) is 4.99 Å². The van der Waals surface area contributed by atoms with Gasteiger partial charge in [-0.1, -0.05) is 18.2 Å². The van der Waals surface area contributed by atoms with E-state index in [1.807, 2.05) is 37.3 Å². The summed E-state index contributed by atoms with van der Waals surface area (Å²) in [5.74, 6) is 0.602. The van der Waals surface area contributed by atoms with Gasteiger partial charge in [0.1, 0.15) is 5.75 Å². The zero-order valence-electron chi connectivity index (χ0n) is 18.0. The highest BCUT2D eigenvalue weighted by atomic mass is 16.5. The number of fused-ring (bicyclic) bond motifs is 1. The van der Waals surface area contributed by atoms with Crippen molar-refractivity contribution in [2.24, 2.45) is 4.99 Å². The molecule has 3 aromatic rings. The Morgan fingerprint density at radius 1 is 1.16 bits per heavy atom. The number of ether oxygens (including phenoxy) is 1. The molecule has 0 radical (unpaired) electrons. The van der Waals surface area contributed by atoms with Crippen LogP contribution in [0.4, 0.5) is 0 Å². The number of aromatic amines is 2. The first-order chi connectivity index (χ1) is 15.1. The number of H-pyrrole nitrogens is 2. The van der Waals surface area contributed by atoms with Crippen molar-refractivity contribution in [1.29, 1.82) is 0 Å². The molecular formula is C24H28N4O3. The Morgan fingerprint density at radius 3 is 2.65 bits per heavy atom. The SMILES string of the molecule is COc1c(CO)c(=C2N=c3ccccc3=C2CNCCO)[nH]/c1=C\c1[nH]c(C)cc1C. The van der Waals surface area contributed by atoms with Crippen molar-refractivity contribution >= 4 is 17.3 Å². The van der Waals surface area contributed by atoms with Crippen molar-refractivity contribution < 1.29 is 14.9 Å². The van der Waals surface area contributed by atoms with E-state index in [0.717, 1.165) is 49.5 Å². The number of aryl methyl sites for hydroxylation is 2. The van der Waals surface area contributed by atoms with Crippen LogP contribution in [0.5, 0.6) is 5.75 Å². The van der Waals surface area contributed by atoms with Gasteiger partial charge < -0.3 is 30.2 Å². The Balaban J connectivity index is 1.99. The number of para-hydroxylation sites is 1. The second-order valence-corrected chi connectivity index (χ2v) is 7.63. The second kappa shape index (κ2) is 8.93. The molecule has 3 heterocycles. The Bertz CT molecular complexity index is 1350. The third-order valence-electron chi connectivity index (χ3n) is 5.50. The lowest BCUT2D eigenvalue weighted by atomic mass is 10.1. The maximum absolute atomic E-state index is 10.2. The van der Waals surface area contributed by atoms with Gasteiger partial charge in [0.05, 0.1) is 42.1 Å². The highest BCUT2D eigenvalue weighted by molar-refractivity contribution is 5.90. The first kappa shape index (κ1) is 21.1. The number of nitrogens with one attached hydrogen (secondary N) is 3. The molecule has 162 valence electrons. The van der Waals surface area contributed by atoms with E-state index in [2.05, 4.69) is 28.3 Å². The number of hydrogen-bond donors (Lipinski definition) is 5. The van der Waals surface area contributed by atoms with E-state index in [-0.39, 0.29) is 13.2 Å². The van der Waals surface area contributed by atoms with Crippen LogP contribution < -0.4 is 31.3 Å². The van der Waals surface area contributed by atoms with Crippen LogP contribution in [0.1, 0.15) is 22.5 Å². The molecule has 0 bridgehead atoms. The van der Waals surface area contributed by atoms with E-state index in [4.69, 9.17) is 9.73 Å². The standard InChI is InChI=1S/C24H28N4O3/c1-14-10-15(2)26-20(14)11-21-24(31-3)18(13-30)23(28-21)22-17(12-25-8-9-29)16-6-4-5-7-19(16)27-22/h4-7,10-11,25-26,28-30H,8-9,12-13H2,1-3H3/b21-11-,23-22?. The van der Waals surface area contributed by atoms with Crippen LogP contribution in [-0.4, -0.2) is 47.0 Å². The van der Waals surface area contributed by atoms with Crippen LogP contribution in [0, 0.1) is 13.8 Å². The summed E-state index contributed by atoms with van der Waals surface area (Å²) in [4.78, 5) is 11.7. The molecule has 0 saturated heterocycles. The molecule has 1 aliphatic heterocycles. The van der Waals surface area contributed by atoms with Crippen LogP contribution in [-0.2, 0) is 6.61 Å². The predicted molar refractivity (Wildman–Crippen MR) is 120 cm³/mol. The van der Waals surface area contributed by atoms with Crippen molar-refractivity contribution in [2.45, 2.75) is 20.5 Å². The van der Waals surface area contributed by atoms with Gasteiger partial charge in [0.25, 0.3) is 0 Å². The molecule has 2 aromatic heterocycles. The van der Waals surface area contributed by atoms with Crippen LogP contribution in [0.3, 0.4) is 0 Å². The number of nitrogens with zero attached hydrogens (tertiary/aromatic N) is 1. The summed E-state index contributed by atoms with van der Waals surface area (Å²) < 4.78 is 5.69. The Morgan fingerprint density at radius 2 is 1.97 bits per heavy atom.